The number of hydrogen-bond donors (Lipinski definition) is 0. The highest BCUT2D eigenvalue weighted by molar-refractivity contribution is 5.76. The third-order valence-corrected chi connectivity index (χ3v) is 3.47. The summed E-state index contributed by atoms with van der Waals surface area (Å²) in [5, 5.41) is 0. The van der Waals surface area contributed by atoms with E-state index in [1.54, 1.807) is 18.6 Å². The molecule has 1 amide bonds. The molecular formula is C13H16F3N3O. The third-order valence-electron chi connectivity index (χ3n) is 3.47. The predicted molar refractivity (Wildman–Crippen MR) is 65.9 cm³/mol. The van der Waals surface area contributed by atoms with E-state index in [1.165, 1.54) is 4.90 Å². The van der Waals surface area contributed by atoms with Crippen LogP contribution in [0.5, 0.6) is 0 Å². The first-order valence-corrected chi connectivity index (χ1v) is 6.56. The molecule has 0 N–H and O–H groups in total. The Kier molecular flexibility index (Phi) is 4.57. The van der Waals surface area contributed by atoms with Crippen molar-refractivity contribution in [2.45, 2.75) is 37.8 Å². The molecule has 0 radical (unpaired) electrons. The van der Waals surface area contributed by atoms with Gasteiger partial charge in [0.2, 0.25) is 5.91 Å². The van der Waals surface area contributed by atoms with Crippen LogP contribution in [-0.4, -0.2) is 40.0 Å². The van der Waals surface area contributed by atoms with Gasteiger partial charge >= 0.3 is 6.18 Å². The molecule has 7 heteroatoms. The van der Waals surface area contributed by atoms with Crippen molar-refractivity contribution in [2.75, 3.05) is 13.1 Å². The van der Waals surface area contributed by atoms with Gasteiger partial charge in [-0.1, -0.05) is 0 Å². The van der Waals surface area contributed by atoms with Crippen LogP contribution < -0.4 is 0 Å². The van der Waals surface area contributed by atoms with E-state index in [2.05, 4.69) is 9.97 Å². The van der Waals surface area contributed by atoms with Crippen molar-refractivity contribution in [1.82, 2.24) is 14.9 Å². The zero-order valence-corrected chi connectivity index (χ0v) is 10.9. The number of alkyl halides is 3. The molecule has 110 valence electrons. The Labute approximate surface area is 115 Å². The lowest BCUT2D eigenvalue weighted by atomic mass is 9.93. The smallest absolute Gasteiger partial charge is 0.343 e. The second-order valence-corrected chi connectivity index (χ2v) is 4.90. The van der Waals surface area contributed by atoms with Crippen molar-refractivity contribution < 1.29 is 18.0 Å². The first-order chi connectivity index (χ1) is 9.46. The van der Waals surface area contributed by atoms with Gasteiger partial charge in [0.15, 0.2) is 0 Å². The molecule has 4 nitrogen and oxygen atoms in total. The maximum atomic E-state index is 12.1. The van der Waals surface area contributed by atoms with Crippen LogP contribution in [0.3, 0.4) is 0 Å². The van der Waals surface area contributed by atoms with Crippen LogP contribution in [0, 0.1) is 0 Å². The molecular weight excluding hydrogens is 271 g/mol. The lowest BCUT2D eigenvalue weighted by molar-refractivity contribution is -0.149. The predicted octanol–water partition coefficient (Wildman–Crippen LogP) is 2.53. The van der Waals surface area contributed by atoms with Crippen LogP contribution in [-0.2, 0) is 4.79 Å². The summed E-state index contributed by atoms with van der Waals surface area (Å²) in [7, 11) is 0. The average Bonchev–Trinajstić information content (AvgIpc) is 2.45. The van der Waals surface area contributed by atoms with Gasteiger partial charge in [0.05, 0.1) is 12.1 Å². The Morgan fingerprint density at radius 2 is 2.00 bits per heavy atom. The lowest BCUT2D eigenvalue weighted by Crippen LogP contribution is -2.38. The van der Waals surface area contributed by atoms with Gasteiger partial charge in [-0.25, -0.2) is 0 Å². The summed E-state index contributed by atoms with van der Waals surface area (Å²) in [6.07, 6.45) is 0.580. The van der Waals surface area contributed by atoms with E-state index in [9.17, 15) is 18.0 Å². The minimum absolute atomic E-state index is 0.232. The summed E-state index contributed by atoms with van der Waals surface area (Å²) in [6, 6.07) is 0. The minimum Gasteiger partial charge on any atom is -0.343 e. The number of carbonyl (C=O) groups excluding carboxylic acids is 1. The molecule has 1 aliphatic rings. The highest BCUT2D eigenvalue weighted by Gasteiger charge is 2.30. The van der Waals surface area contributed by atoms with Crippen LogP contribution in [0.15, 0.2) is 18.6 Å². The van der Waals surface area contributed by atoms with Crippen molar-refractivity contribution >= 4 is 5.91 Å². The van der Waals surface area contributed by atoms with Crippen molar-refractivity contribution in [3.05, 3.63) is 24.3 Å². The number of piperidine rings is 1. The maximum absolute atomic E-state index is 12.1. The molecule has 1 aromatic rings. The Morgan fingerprint density at radius 1 is 1.30 bits per heavy atom. The number of likely N-dealkylation sites (tertiary alicyclic amines) is 1. The lowest BCUT2D eigenvalue weighted by Gasteiger charge is -2.31. The molecule has 0 saturated carbocycles. The number of aromatic nitrogens is 2. The summed E-state index contributed by atoms with van der Waals surface area (Å²) < 4.78 is 36.2. The molecule has 2 rings (SSSR count). The van der Waals surface area contributed by atoms with Crippen molar-refractivity contribution in [1.29, 1.82) is 0 Å². The normalized spacial score (nSPS) is 17.2. The number of amides is 1. The Hall–Kier alpha value is -1.66. The zero-order chi connectivity index (χ0) is 14.6. The molecule has 1 aromatic heterocycles. The monoisotopic (exact) mass is 287 g/mol. The molecule has 0 spiro atoms. The molecule has 20 heavy (non-hydrogen) atoms. The maximum Gasteiger partial charge on any atom is 0.389 e. The van der Waals surface area contributed by atoms with Crippen LogP contribution in [0.2, 0.25) is 0 Å². The van der Waals surface area contributed by atoms with Crippen molar-refractivity contribution in [3.8, 4) is 0 Å². The Morgan fingerprint density at radius 3 is 2.55 bits per heavy atom. The fourth-order valence-electron chi connectivity index (χ4n) is 2.35. The van der Waals surface area contributed by atoms with Gasteiger partial charge in [-0.15, -0.1) is 0 Å². The highest BCUT2D eigenvalue weighted by atomic mass is 19.4. The van der Waals surface area contributed by atoms with Crippen molar-refractivity contribution in [3.63, 3.8) is 0 Å². The first kappa shape index (κ1) is 14.7. The number of rotatable bonds is 3. The van der Waals surface area contributed by atoms with Crippen LogP contribution in [0.25, 0.3) is 0 Å². The van der Waals surface area contributed by atoms with Gasteiger partial charge in [0.1, 0.15) is 0 Å². The Bertz CT molecular complexity index is 442. The van der Waals surface area contributed by atoms with Gasteiger partial charge in [-0.3, -0.25) is 14.8 Å². The summed E-state index contributed by atoms with van der Waals surface area (Å²) in [5.74, 6) is -0.185. The quantitative estimate of drug-likeness (QED) is 0.858. The first-order valence-electron chi connectivity index (χ1n) is 6.56. The van der Waals surface area contributed by atoms with Crippen LogP contribution in [0.4, 0.5) is 13.2 Å². The van der Waals surface area contributed by atoms with E-state index in [1.807, 2.05) is 0 Å². The zero-order valence-electron chi connectivity index (χ0n) is 10.9. The van der Waals surface area contributed by atoms with Gasteiger partial charge in [0.25, 0.3) is 0 Å². The minimum atomic E-state index is -4.27. The van der Waals surface area contributed by atoms with Gasteiger partial charge in [-0.05, 0) is 12.8 Å². The number of nitrogens with zero attached hydrogens (tertiary/aromatic N) is 3. The standard InChI is InChI=1S/C13H16F3N3O/c14-13(15,16)4-1-12(20)19-7-2-10(3-8-19)11-9-17-5-6-18-11/h5-6,9-10H,1-4,7-8H2. The molecule has 1 fully saturated rings. The fourth-order valence-corrected chi connectivity index (χ4v) is 2.35. The number of halogens is 3. The molecule has 2 heterocycles. The topological polar surface area (TPSA) is 46.1 Å². The number of hydrogen-bond acceptors (Lipinski definition) is 3. The summed E-state index contributed by atoms with van der Waals surface area (Å²) in [5.41, 5.74) is 0.884. The van der Waals surface area contributed by atoms with Gasteiger partial charge < -0.3 is 4.90 Å². The molecule has 0 aromatic carbocycles. The summed E-state index contributed by atoms with van der Waals surface area (Å²) in [4.78, 5) is 21.4. The second-order valence-electron chi connectivity index (χ2n) is 4.90. The van der Waals surface area contributed by atoms with Gasteiger partial charge in [-0.2, -0.15) is 13.2 Å². The van der Waals surface area contributed by atoms with Crippen LogP contribution >= 0.6 is 0 Å². The largest absolute Gasteiger partial charge is 0.389 e. The molecule has 0 unspecified atom stereocenters. The second kappa shape index (κ2) is 6.19. The van der Waals surface area contributed by atoms with Gasteiger partial charge in [0, 0.05) is 44.0 Å². The van der Waals surface area contributed by atoms with E-state index in [0.29, 0.717) is 13.1 Å². The van der Waals surface area contributed by atoms with E-state index in [0.717, 1.165) is 18.5 Å². The fraction of sp³-hybridized carbons (Fsp3) is 0.615. The third kappa shape index (κ3) is 4.18. The highest BCUT2D eigenvalue weighted by Crippen LogP contribution is 2.27. The van der Waals surface area contributed by atoms with Crippen molar-refractivity contribution in [2.24, 2.45) is 0 Å². The SMILES string of the molecule is O=C(CCC(F)(F)F)N1CCC(c2cnccn2)CC1. The average molecular weight is 287 g/mol. The number of carbonyl (C=O) groups is 1. The summed E-state index contributed by atoms with van der Waals surface area (Å²) >= 11 is 0. The molecule has 1 aliphatic heterocycles. The molecule has 1 saturated heterocycles. The molecule has 0 aliphatic carbocycles. The molecule has 0 atom stereocenters. The van der Waals surface area contributed by atoms with E-state index < -0.39 is 24.9 Å². The Balaban J connectivity index is 1.81. The van der Waals surface area contributed by atoms with E-state index in [4.69, 9.17) is 0 Å². The molecule has 0 bridgehead atoms. The van der Waals surface area contributed by atoms with E-state index >= 15 is 0 Å². The van der Waals surface area contributed by atoms with E-state index in [-0.39, 0.29) is 5.92 Å². The van der Waals surface area contributed by atoms with Crippen LogP contribution in [0.1, 0.15) is 37.3 Å². The summed E-state index contributed by atoms with van der Waals surface area (Å²) in [6.45, 7) is 0.968.